The number of benzene rings is 1. The fourth-order valence-electron chi connectivity index (χ4n) is 2.68. The Morgan fingerprint density at radius 1 is 1.10 bits per heavy atom. The summed E-state index contributed by atoms with van der Waals surface area (Å²) in [6.45, 7) is 2.84. The minimum Gasteiger partial charge on any atom is -0.294 e. The fourth-order valence-corrected chi connectivity index (χ4v) is 2.68. The number of aryl methyl sites for hydroxylation is 2. The van der Waals surface area contributed by atoms with E-state index in [-0.39, 0.29) is 11.6 Å². The smallest absolute Gasteiger partial charge is 0.169 e. The van der Waals surface area contributed by atoms with Gasteiger partial charge in [-0.25, -0.2) is 27.6 Å². The number of hydrogen-bond acceptors (Lipinski definition) is 6. The van der Waals surface area contributed by atoms with Crippen LogP contribution in [0.2, 0.25) is 0 Å². The molecule has 0 fully saturated rings. The summed E-state index contributed by atoms with van der Waals surface area (Å²) < 4.78 is 48.9. The molecule has 2 aromatic heterocycles. The Balaban J connectivity index is 0.000000575. The first-order chi connectivity index (χ1) is 14.2. The Bertz CT molecular complexity index is 934. The zero-order chi connectivity index (χ0) is 22.1. The first-order valence-electron chi connectivity index (χ1n) is 9.10. The molecule has 10 heteroatoms. The van der Waals surface area contributed by atoms with Gasteiger partial charge in [-0.15, -0.1) is 10.2 Å². The number of H-pyrrole nitrogens is 1. The largest absolute Gasteiger partial charge is 0.294 e. The van der Waals surface area contributed by atoms with E-state index in [0.29, 0.717) is 12.0 Å². The summed E-state index contributed by atoms with van der Waals surface area (Å²) in [4.78, 5) is 12.1. The number of nitrogens with one attached hydrogen (secondary N) is 1. The van der Waals surface area contributed by atoms with Gasteiger partial charge < -0.3 is 0 Å². The van der Waals surface area contributed by atoms with Gasteiger partial charge in [-0.3, -0.25) is 9.89 Å². The minimum atomic E-state index is -4.94. The van der Waals surface area contributed by atoms with E-state index < -0.39 is 10.2 Å². The Morgan fingerprint density at radius 3 is 2.23 bits per heavy atom. The lowest BCUT2D eigenvalue weighted by molar-refractivity contribution is -2.00. The Morgan fingerprint density at radius 2 is 1.70 bits per heavy atom. The zero-order valence-corrected chi connectivity index (χ0v) is 17.0. The molecular weight excluding hydrogens is 417 g/mol. The lowest BCUT2D eigenvalue weighted by atomic mass is 10.1. The highest BCUT2D eigenvalue weighted by Crippen LogP contribution is 2.16. The number of pyridine rings is 1. The van der Waals surface area contributed by atoms with Crippen molar-refractivity contribution < 1.29 is 42.6 Å². The molecular formula is C20H21ClFN3O5. The molecule has 30 heavy (non-hydrogen) atoms. The third-order valence-electron chi connectivity index (χ3n) is 4.18. The van der Waals surface area contributed by atoms with Gasteiger partial charge in [0.25, 0.3) is 0 Å². The van der Waals surface area contributed by atoms with Gasteiger partial charge in [-0.2, -0.15) is 5.10 Å². The van der Waals surface area contributed by atoms with Crippen LogP contribution >= 0.6 is 0 Å². The predicted octanol–water partition coefficient (Wildman–Crippen LogP) is -1.03. The summed E-state index contributed by atoms with van der Waals surface area (Å²) in [7, 11) is -4.94. The lowest BCUT2D eigenvalue weighted by Crippen LogP contribution is -2.68. The number of hydrogen-bond donors (Lipinski definition) is 1. The number of halogens is 2. The van der Waals surface area contributed by atoms with Gasteiger partial charge in [0.2, 0.25) is 0 Å². The Labute approximate surface area is 175 Å². The average Bonchev–Trinajstić information content (AvgIpc) is 3.17. The van der Waals surface area contributed by atoms with Gasteiger partial charge in [0.15, 0.2) is 18.2 Å². The van der Waals surface area contributed by atoms with Crippen molar-refractivity contribution in [3.05, 3.63) is 71.9 Å². The number of nitrogens with zero attached hydrogens (tertiary/aromatic N) is 2. The highest BCUT2D eigenvalue weighted by molar-refractivity contribution is 5.95. The van der Waals surface area contributed by atoms with E-state index in [2.05, 4.69) is 27.8 Å². The molecule has 0 unspecified atom stereocenters. The molecule has 0 spiro atoms. The number of carbonyl (C=O) groups excluding carboxylic acids is 1. The van der Waals surface area contributed by atoms with Gasteiger partial charge in [0.05, 0.1) is 11.4 Å². The number of Topliss-reactive ketones (excluding diaryl/α,β-unsaturated/α-hetero) is 1. The van der Waals surface area contributed by atoms with E-state index >= 15 is 0 Å². The van der Waals surface area contributed by atoms with Gasteiger partial charge in [0.1, 0.15) is 12.4 Å². The second-order valence-corrected chi connectivity index (χ2v) is 7.12. The summed E-state index contributed by atoms with van der Waals surface area (Å²) in [6.07, 6.45) is 6.10. The van der Waals surface area contributed by atoms with E-state index in [1.807, 2.05) is 24.5 Å². The van der Waals surface area contributed by atoms with Crippen LogP contribution in [0.5, 0.6) is 0 Å². The molecule has 2 heterocycles. The Hall–Kier alpha value is -2.69. The van der Waals surface area contributed by atoms with Crippen LogP contribution < -0.4 is 23.2 Å². The second kappa shape index (κ2) is 10.9. The minimum absolute atomic E-state index is 0.0433. The molecule has 0 saturated heterocycles. The molecule has 160 valence electrons. The van der Waals surface area contributed by atoms with Crippen LogP contribution in [0.4, 0.5) is 4.39 Å². The molecule has 3 rings (SSSR count). The molecule has 0 radical (unpaired) electrons. The molecule has 0 amide bonds. The first kappa shape index (κ1) is 23.6. The monoisotopic (exact) mass is 437 g/mol. The number of carbonyl (C=O) groups is 1. The van der Waals surface area contributed by atoms with Gasteiger partial charge in [-0.05, 0) is 36.8 Å². The SMILES string of the molecule is CCc1cc(-c2cc[n+](CCCC(=O)c3ccc(F)cc3)cc2)[nH]n1.[O-][Cl+3]([O-])([O-])[O-]. The molecule has 3 aromatic rings. The standard InChI is InChI=1S/C20H20FN3O.ClHO4/c1-2-18-14-19(23-22-18)15-9-12-24(13-10-15)11-3-4-20(25)16-5-7-17(21)8-6-16;2-1(3,4)5/h5-10,12-14H,2-4,11H2,1H3;(H,2,3,4,5). The van der Waals surface area contributed by atoms with Crippen LogP contribution in [-0.4, -0.2) is 16.0 Å². The molecule has 0 aliphatic rings. The van der Waals surface area contributed by atoms with Crippen molar-refractivity contribution in [1.82, 2.24) is 10.2 Å². The van der Waals surface area contributed by atoms with Crippen molar-refractivity contribution in [2.45, 2.75) is 32.7 Å². The highest BCUT2D eigenvalue weighted by atomic mass is 35.7. The summed E-state index contributed by atoms with van der Waals surface area (Å²) in [5, 5.41) is 7.29. The highest BCUT2D eigenvalue weighted by Gasteiger charge is 2.09. The van der Waals surface area contributed by atoms with Gasteiger partial charge in [0, 0.05) is 36.1 Å². The van der Waals surface area contributed by atoms with Crippen LogP contribution in [0, 0.1) is 16.1 Å². The molecule has 0 saturated carbocycles. The predicted molar refractivity (Wildman–Crippen MR) is 93.6 cm³/mol. The quantitative estimate of drug-likeness (QED) is 0.370. The maximum atomic E-state index is 12.9. The second-order valence-electron chi connectivity index (χ2n) is 6.36. The third kappa shape index (κ3) is 8.36. The lowest BCUT2D eigenvalue weighted by Gasteiger charge is -2.17. The average molecular weight is 438 g/mol. The number of ketones is 1. The molecule has 0 aliphatic heterocycles. The Kier molecular flexibility index (Phi) is 8.58. The van der Waals surface area contributed by atoms with Crippen molar-refractivity contribution in [3.63, 3.8) is 0 Å². The third-order valence-corrected chi connectivity index (χ3v) is 4.18. The number of aromatic amines is 1. The van der Waals surface area contributed by atoms with E-state index in [1.54, 1.807) is 0 Å². The number of aromatic nitrogens is 3. The van der Waals surface area contributed by atoms with Crippen molar-refractivity contribution in [3.8, 4) is 11.3 Å². The van der Waals surface area contributed by atoms with Crippen LogP contribution in [0.1, 0.15) is 35.8 Å². The van der Waals surface area contributed by atoms with Crippen LogP contribution in [0.3, 0.4) is 0 Å². The van der Waals surface area contributed by atoms with Gasteiger partial charge in [-0.1, -0.05) is 6.92 Å². The topological polar surface area (TPSA) is 142 Å². The molecule has 0 bridgehead atoms. The maximum Gasteiger partial charge on any atom is 0.169 e. The van der Waals surface area contributed by atoms with E-state index in [9.17, 15) is 9.18 Å². The summed E-state index contributed by atoms with van der Waals surface area (Å²) in [5.74, 6) is -0.280. The van der Waals surface area contributed by atoms with Gasteiger partial charge >= 0.3 is 0 Å². The summed E-state index contributed by atoms with van der Waals surface area (Å²) in [6, 6.07) is 11.8. The molecule has 8 nitrogen and oxygen atoms in total. The number of rotatable bonds is 7. The van der Waals surface area contributed by atoms with Crippen molar-refractivity contribution >= 4 is 5.78 Å². The van der Waals surface area contributed by atoms with E-state index in [1.165, 1.54) is 24.3 Å². The van der Waals surface area contributed by atoms with E-state index in [4.69, 9.17) is 18.6 Å². The molecule has 0 atom stereocenters. The first-order valence-corrected chi connectivity index (χ1v) is 10.3. The fraction of sp³-hybridized carbons (Fsp3) is 0.250. The van der Waals surface area contributed by atoms with Crippen molar-refractivity contribution in [2.24, 2.45) is 0 Å². The van der Waals surface area contributed by atoms with Crippen LogP contribution in [0.15, 0.2) is 54.9 Å². The van der Waals surface area contributed by atoms with Crippen molar-refractivity contribution in [2.75, 3.05) is 0 Å². The van der Waals surface area contributed by atoms with Crippen LogP contribution in [-0.2, 0) is 13.0 Å². The zero-order valence-electron chi connectivity index (χ0n) is 16.2. The summed E-state index contributed by atoms with van der Waals surface area (Å²) in [5.41, 5.74) is 3.71. The molecule has 1 N–H and O–H groups in total. The van der Waals surface area contributed by atoms with Crippen LogP contribution in [0.25, 0.3) is 11.3 Å². The van der Waals surface area contributed by atoms with Crippen molar-refractivity contribution in [1.29, 1.82) is 0 Å². The molecule has 0 aliphatic carbocycles. The summed E-state index contributed by atoms with van der Waals surface area (Å²) >= 11 is 0. The maximum absolute atomic E-state index is 12.9. The molecule has 1 aromatic carbocycles. The van der Waals surface area contributed by atoms with E-state index in [0.717, 1.165) is 36.3 Å². The normalized spacial score (nSPS) is 11.0.